The van der Waals surface area contributed by atoms with E-state index in [9.17, 15) is 4.79 Å². The molecule has 2 heterocycles. The maximum Gasteiger partial charge on any atom is 0.352 e. The highest BCUT2D eigenvalue weighted by Gasteiger charge is 2.16. The molecule has 0 aliphatic heterocycles. The van der Waals surface area contributed by atoms with Gasteiger partial charge >= 0.3 is 5.97 Å². The van der Waals surface area contributed by atoms with Gasteiger partial charge in [-0.05, 0) is 6.92 Å². The Bertz CT molecular complexity index is 497. The fraction of sp³-hybridized carbons (Fsp3) is 0.375. The first-order valence-electron chi connectivity index (χ1n) is 4.27. The minimum Gasteiger partial charge on any atom is -0.477 e. The van der Waals surface area contributed by atoms with Gasteiger partial charge < -0.3 is 9.67 Å². The van der Waals surface area contributed by atoms with Crippen LogP contribution in [-0.2, 0) is 13.6 Å². The predicted molar refractivity (Wildman–Crippen MR) is 49.1 cm³/mol. The first-order chi connectivity index (χ1) is 6.65. The Hall–Kier alpha value is -1.85. The number of hydrogen-bond donors (Lipinski definition) is 1. The van der Waals surface area contributed by atoms with Crippen LogP contribution in [0.4, 0.5) is 0 Å². The number of rotatable bonds is 2. The van der Waals surface area contributed by atoms with Crippen LogP contribution in [0.1, 0.15) is 17.4 Å². The van der Waals surface area contributed by atoms with Gasteiger partial charge in [0, 0.05) is 19.7 Å². The molecule has 0 saturated carbocycles. The summed E-state index contributed by atoms with van der Waals surface area (Å²) in [6.45, 7) is 2.61. The van der Waals surface area contributed by atoms with Gasteiger partial charge in [0.1, 0.15) is 11.2 Å². The van der Waals surface area contributed by atoms with E-state index in [0.717, 1.165) is 5.65 Å². The lowest BCUT2D eigenvalue weighted by Gasteiger charge is -2.00. The smallest absolute Gasteiger partial charge is 0.352 e. The van der Waals surface area contributed by atoms with Crippen LogP contribution in [0.3, 0.4) is 0 Å². The van der Waals surface area contributed by atoms with Crippen LogP contribution < -0.4 is 0 Å². The molecule has 0 amide bonds. The van der Waals surface area contributed by atoms with Gasteiger partial charge in [0.25, 0.3) is 0 Å². The largest absolute Gasteiger partial charge is 0.477 e. The lowest BCUT2D eigenvalue weighted by molar-refractivity contribution is 0.0687. The van der Waals surface area contributed by atoms with Gasteiger partial charge in [-0.2, -0.15) is 0 Å². The van der Waals surface area contributed by atoms with Crippen LogP contribution in [0, 0.1) is 0 Å². The Kier molecular flexibility index (Phi) is 1.77. The summed E-state index contributed by atoms with van der Waals surface area (Å²) in [6, 6.07) is 1.52. The molecule has 74 valence electrons. The van der Waals surface area contributed by atoms with Gasteiger partial charge in [-0.25, -0.2) is 9.48 Å². The lowest BCUT2D eigenvalue weighted by atomic mass is 10.4. The molecule has 2 rings (SSSR count). The molecule has 0 bridgehead atoms. The van der Waals surface area contributed by atoms with Crippen molar-refractivity contribution in [2.24, 2.45) is 7.05 Å². The van der Waals surface area contributed by atoms with Crippen LogP contribution in [0.2, 0.25) is 0 Å². The van der Waals surface area contributed by atoms with Crippen molar-refractivity contribution in [2.45, 2.75) is 13.5 Å². The molecule has 6 heteroatoms. The second kappa shape index (κ2) is 2.83. The highest BCUT2D eigenvalue weighted by Crippen LogP contribution is 2.15. The minimum absolute atomic E-state index is 0.229. The van der Waals surface area contributed by atoms with Crippen LogP contribution in [0.25, 0.3) is 11.2 Å². The summed E-state index contributed by atoms with van der Waals surface area (Å²) >= 11 is 0. The fourth-order valence-electron chi connectivity index (χ4n) is 1.52. The van der Waals surface area contributed by atoms with Gasteiger partial charge in [-0.1, -0.05) is 5.21 Å². The van der Waals surface area contributed by atoms with E-state index >= 15 is 0 Å². The lowest BCUT2D eigenvalue weighted by Crippen LogP contribution is -2.07. The third-order valence-corrected chi connectivity index (χ3v) is 2.21. The molecule has 0 unspecified atom stereocenters. The molecule has 6 nitrogen and oxygen atoms in total. The van der Waals surface area contributed by atoms with Gasteiger partial charge in [-0.15, -0.1) is 5.10 Å². The van der Waals surface area contributed by atoms with E-state index in [1.807, 2.05) is 6.92 Å². The van der Waals surface area contributed by atoms with Gasteiger partial charge in [0.15, 0.2) is 5.65 Å². The molecule has 1 N–H and O–H groups in total. The number of carbonyl (C=O) groups is 1. The van der Waals surface area contributed by atoms with E-state index in [2.05, 4.69) is 10.3 Å². The van der Waals surface area contributed by atoms with Crippen molar-refractivity contribution in [3.63, 3.8) is 0 Å². The summed E-state index contributed by atoms with van der Waals surface area (Å²) in [5.41, 5.74) is 1.59. The highest BCUT2D eigenvalue weighted by molar-refractivity contribution is 5.92. The second-order valence-corrected chi connectivity index (χ2v) is 3.01. The average Bonchev–Trinajstić information content (AvgIpc) is 2.66. The van der Waals surface area contributed by atoms with Crippen LogP contribution >= 0.6 is 0 Å². The van der Waals surface area contributed by atoms with Crippen molar-refractivity contribution in [1.29, 1.82) is 0 Å². The third-order valence-electron chi connectivity index (χ3n) is 2.21. The zero-order chi connectivity index (χ0) is 10.3. The van der Waals surface area contributed by atoms with E-state index in [4.69, 9.17) is 5.11 Å². The monoisotopic (exact) mass is 194 g/mol. The van der Waals surface area contributed by atoms with Gasteiger partial charge in [0.05, 0.1) is 0 Å². The summed E-state index contributed by atoms with van der Waals surface area (Å²) < 4.78 is 3.25. The topological polar surface area (TPSA) is 72.9 Å². The molecule has 0 fully saturated rings. The summed E-state index contributed by atoms with van der Waals surface area (Å²) in [4.78, 5) is 10.8. The number of hydrogen-bond acceptors (Lipinski definition) is 3. The Morgan fingerprint density at radius 1 is 1.64 bits per heavy atom. The molecule has 0 atom stereocenters. The molecule has 14 heavy (non-hydrogen) atoms. The summed E-state index contributed by atoms with van der Waals surface area (Å²) in [6.07, 6.45) is 0. The Labute approximate surface area is 79.7 Å². The van der Waals surface area contributed by atoms with Crippen molar-refractivity contribution in [2.75, 3.05) is 0 Å². The van der Waals surface area contributed by atoms with Crippen LogP contribution in [-0.4, -0.2) is 30.6 Å². The number of carboxylic acid groups (broad SMARTS) is 1. The number of nitrogens with zero attached hydrogens (tertiary/aromatic N) is 4. The summed E-state index contributed by atoms with van der Waals surface area (Å²) in [5.74, 6) is -0.951. The third kappa shape index (κ3) is 1.00. The molecule has 2 aromatic rings. The van der Waals surface area contributed by atoms with Crippen molar-refractivity contribution < 1.29 is 9.90 Å². The fourth-order valence-corrected chi connectivity index (χ4v) is 1.52. The minimum atomic E-state index is -0.951. The molecule has 0 radical (unpaired) electrons. The van der Waals surface area contributed by atoms with Crippen molar-refractivity contribution >= 4 is 17.1 Å². The number of carboxylic acids is 1. The van der Waals surface area contributed by atoms with Crippen LogP contribution in [0.5, 0.6) is 0 Å². The maximum absolute atomic E-state index is 10.8. The molecule has 0 aromatic carbocycles. The second-order valence-electron chi connectivity index (χ2n) is 3.01. The van der Waals surface area contributed by atoms with Crippen LogP contribution in [0.15, 0.2) is 6.07 Å². The van der Waals surface area contributed by atoms with Crippen molar-refractivity contribution in [3.05, 3.63) is 11.8 Å². The Morgan fingerprint density at radius 3 is 2.93 bits per heavy atom. The molecule has 0 spiro atoms. The molecule has 0 aliphatic rings. The summed E-state index contributed by atoms with van der Waals surface area (Å²) in [7, 11) is 1.70. The first-order valence-corrected chi connectivity index (χ1v) is 4.27. The molecule has 2 aromatic heterocycles. The zero-order valence-corrected chi connectivity index (χ0v) is 7.93. The highest BCUT2D eigenvalue weighted by atomic mass is 16.4. The number of aromatic nitrogens is 4. The van der Waals surface area contributed by atoms with E-state index in [1.165, 1.54) is 6.07 Å². The first kappa shape index (κ1) is 8.74. The number of aryl methyl sites for hydroxylation is 2. The number of fused-ring (bicyclic) bond motifs is 1. The van der Waals surface area contributed by atoms with Crippen molar-refractivity contribution in [1.82, 2.24) is 19.6 Å². The van der Waals surface area contributed by atoms with Crippen molar-refractivity contribution in [3.8, 4) is 0 Å². The Morgan fingerprint density at radius 2 is 2.36 bits per heavy atom. The quantitative estimate of drug-likeness (QED) is 0.755. The molecule has 0 aliphatic carbocycles. The Balaban J connectivity index is 2.75. The van der Waals surface area contributed by atoms with Gasteiger partial charge in [-0.3, -0.25) is 0 Å². The van der Waals surface area contributed by atoms with Gasteiger partial charge in [0.2, 0.25) is 0 Å². The maximum atomic E-state index is 10.8. The molecular formula is C8H10N4O2. The van der Waals surface area contributed by atoms with E-state index in [-0.39, 0.29) is 5.69 Å². The zero-order valence-electron chi connectivity index (χ0n) is 7.93. The standard InChI is InChI=1S/C8H10N4O2/c1-3-12-7-5(9-10-12)4-6(8(13)14)11(7)2/h4H,3H2,1-2H3,(H,13,14). The predicted octanol–water partition coefficient (Wildman–Crippen LogP) is 0.488. The normalized spacial score (nSPS) is 11.0. The number of aromatic carboxylic acids is 1. The summed E-state index contributed by atoms with van der Waals surface area (Å²) in [5, 5.41) is 16.6. The SMILES string of the molecule is CCn1nnc2cc(C(=O)O)n(C)c21. The van der Waals surface area contributed by atoms with E-state index in [0.29, 0.717) is 12.1 Å². The van der Waals surface area contributed by atoms with E-state index in [1.54, 1.807) is 16.3 Å². The molecular weight excluding hydrogens is 184 g/mol. The molecule has 0 saturated heterocycles. The average molecular weight is 194 g/mol. The van der Waals surface area contributed by atoms with E-state index < -0.39 is 5.97 Å².